The van der Waals surface area contributed by atoms with Gasteiger partial charge in [-0.1, -0.05) is 39.8 Å². The molecule has 0 fully saturated rings. The predicted molar refractivity (Wildman–Crippen MR) is 94.4 cm³/mol. The number of methoxy groups -OCH3 is 1. The topological polar surface area (TPSA) is 69.0 Å². The summed E-state index contributed by atoms with van der Waals surface area (Å²) >= 11 is 4.70. The zero-order chi connectivity index (χ0) is 16.7. The molecule has 1 amide bonds. The van der Waals surface area contributed by atoms with Gasteiger partial charge < -0.3 is 14.6 Å². The number of thioether (sulfide) groups is 1. The number of allylic oxidation sites excluding steroid dienone is 1. The average molecular weight is 397 g/mol. The molecule has 0 saturated heterocycles. The molecule has 1 aromatic carbocycles. The van der Waals surface area contributed by atoms with Crippen LogP contribution in [0.3, 0.4) is 0 Å². The van der Waals surface area contributed by atoms with Crippen molar-refractivity contribution < 1.29 is 9.53 Å². The molecule has 23 heavy (non-hydrogen) atoms. The Kier molecular flexibility index (Phi) is 6.82. The van der Waals surface area contributed by atoms with Crippen LogP contribution in [0.5, 0.6) is 0 Å². The largest absolute Gasteiger partial charge is 0.377 e. The van der Waals surface area contributed by atoms with Gasteiger partial charge in [-0.05, 0) is 18.2 Å². The number of ether oxygens (including phenoxy) is 1. The van der Waals surface area contributed by atoms with Gasteiger partial charge in [0.1, 0.15) is 6.61 Å². The van der Waals surface area contributed by atoms with Crippen molar-refractivity contribution in [2.45, 2.75) is 18.3 Å². The highest BCUT2D eigenvalue weighted by molar-refractivity contribution is 9.10. The molecule has 0 aliphatic rings. The van der Waals surface area contributed by atoms with E-state index in [1.807, 2.05) is 28.8 Å². The van der Waals surface area contributed by atoms with Crippen molar-refractivity contribution in [2.24, 2.45) is 0 Å². The van der Waals surface area contributed by atoms with Crippen LogP contribution in [-0.4, -0.2) is 33.5 Å². The van der Waals surface area contributed by atoms with Gasteiger partial charge in [0, 0.05) is 23.8 Å². The Morgan fingerprint density at radius 3 is 3.04 bits per heavy atom. The highest BCUT2D eigenvalue weighted by atomic mass is 79.9. The zero-order valence-corrected chi connectivity index (χ0v) is 15.1. The van der Waals surface area contributed by atoms with Gasteiger partial charge in [0.25, 0.3) is 0 Å². The lowest BCUT2D eigenvalue weighted by molar-refractivity contribution is -0.113. The van der Waals surface area contributed by atoms with Crippen LogP contribution in [0.25, 0.3) is 0 Å². The van der Waals surface area contributed by atoms with Crippen molar-refractivity contribution in [3.8, 4) is 0 Å². The number of nitrogens with zero attached hydrogens (tertiary/aromatic N) is 3. The van der Waals surface area contributed by atoms with Crippen LogP contribution in [-0.2, 0) is 22.7 Å². The number of halogens is 1. The SMILES string of the molecule is C=CCn1c(COC)nnc1SCC(=O)Nc1cccc(Br)c1. The first kappa shape index (κ1) is 17.7. The summed E-state index contributed by atoms with van der Waals surface area (Å²) in [7, 11) is 1.60. The van der Waals surface area contributed by atoms with Gasteiger partial charge in [-0.15, -0.1) is 16.8 Å². The Hall–Kier alpha value is -1.64. The number of hydrogen-bond acceptors (Lipinski definition) is 5. The third kappa shape index (κ3) is 5.19. The van der Waals surface area contributed by atoms with Crippen LogP contribution in [0, 0.1) is 0 Å². The third-order valence-corrected chi connectivity index (χ3v) is 4.28. The number of aromatic nitrogens is 3. The highest BCUT2D eigenvalue weighted by Crippen LogP contribution is 2.19. The van der Waals surface area contributed by atoms with Gasteiger partial charge in [0.15, 0.2) is 11.0 Å². The average Bonchev–Trinajstić information content (AvgIpc) is 2.88. The summed E-state index contributed by atoms with van der Waals surface area (Å²) in [5.41, 5.74) is 0.748. The van der Waals surface area contributed by atoms with E-state index in [0.717, 1.165) is 10.2 Å². The molecule has 0 aliphatic heterocycles. The first-order chi connectivity index (χ1) is 11.1. The van der Waals surface area contributed by atoms with E-state index in [0.29, 0.717) is 24.1 Å². The minimum absolute atomic E-state index is 0.102. The first-order valence-electron chi connectivity index (χ1n) is 6.84. The van der Waals surface area contributed by atoms with Crippen LogP contribution in [0.2, 0.25) is 0 Å². The Balaban J connectivity index is 1.97. The predicted octanol–water partition coefficient (Wildman–Crippen LogP) is 3.10. The molecule has 0 aliphatic carbocycles. The quantitative estimate of drug-likeness (QED) is 0.548. The summed E-state index contributed by atoms with van der Waals surface area (Å²) in [6.45, 7) is 4.66. The molecular formula is C15H17BrN4O2S. The molecule has 122 valence electrons. The lowest BCUT2D eigenvalue weighted by atomic mass is 10.3. The maximum atomic E-state index is 12.0. The second kappa shape index (κ2) is 8.85. The molecule has 1 N–H and O–H groups in total. The second-order valence-corrected chi connectivity index (χ2v) is 6.44. The standard InChI is InChI=1S/C15H17BrN4O2S/c1-3-7-20-13(9-22-2)18-19-15(20)23-10-14(21)17-12-6-4-5-11(16)8-12/h3-6,8H,1,7,9-10H2,2H3,(H,17,21). The van der Waals surface area contributed by atoms with Crippen molar-refractivity contribution in [3.63, 3.8) is 0 Å². The summed E-state index contributed by atoms with van der Waals surface area (Å²) in [6.07, 6.45) is 1.76. The minimum atomic E-state index is -0.102. The molecule has 0 bridgehead atoms. The summed E-state index contributed by atoms with van der Waals surface area (Å²) in [5, 5.41) is 11.7. The van der Waals surface area contributed by atoms with Crippen molar-refractivity contribution in [3.05, 3.63) is 47.2 Å². The van der Waals surface area contributed by atoms with E-state index in [1.165, 1.54) is 11.8 Å². The number of amides is 1. The van der Waals surface area contributed by atoms with Crippen molar-refractivity contribution in [1.82, 2.24) is 14.8 Å². The summed E-state index contributed by atoms with van der Waals surface area (Å²) < 4.78 is 7.89. The van der Waals surface area contributed by atoms with Crippen LogP contribution >= 0.6 is 27.7 Å². The molecule has 8 heteroatoms. The van der Waals surface area contributed by atoms with E-state index in [4.69, 9.17) is 4.74 Å². The van der Waals surface area contributed by atoms with Gasteiger partial charge >= 0.3 is 0 Å². The molecule has 0 radical (unpaired) electrons. The highest BCUT2D eigenvalue weighted by Gasteiger charge is 2.13. The Labute approximate surface area is 147 Å². The molecule has 0 atom stereocenters. The minimum Gasteiger partial charge on any atom is -0.377 e. The van der Waals surface area contributed by atoms with E-state index in [-0.39, 0.29) is 11.7 Å². The molecule has 1 aromatic heterocycles. The molecule has 0 unspecified atom stereocenters. The van der Waals surface area contributed by atoms with Gasteiger partial charge in [-0.3, -0.25) is 4.79 Å². The number of carbonyl (C=O) groups excluding carboxylic acids is 1. The summed E-state index contributed by atoms with van der Waals surface area (Å²) in [4.78, 5) is 12.0. The summed E-state index contributed by atoms with van der Waals surface area (Å²) in [5.74, 6) is 0.853. The van der Waals surface area contributed by atoms with E-state index in [9.17, 15) is 4.79 Å². The molecule has 1 heterocycles. The fourth-order valence-electron chi connectivity index (χ4n) is 1.87. The zero-order valence-electron chi connectivity index (χ0n) is 12.7. The lowest BCUT2D eigenvalue weighted by Gasteiger charge is -2.08. The van der Waals surface area contributed by atoms with Crippen molar-refractivity contribution in [1.29, 1.82) is 0 Å². The third-order valence-electron chi connectivity index (χ3n) is 2.82. The molecule has 6 nitrogen and oxygen atoms in total. The number of carbonyl (C=O) groups is 1. The lowest BCUT2D eigenvalue weighted by Crippen LogP contribution is -2.14. The number of rotatable bonds is 8. The Morgan fingerprint density at radius 2 is 2.35 bits per heavy atom. The van der Waals surface area contributed by atoms with Gasteiger partial charge in [-0.25, -0.2) is 0 Å². The van der Waals surface area contributed by atoms with Crippen LogP contribution in [0.1, 0.15) is 5.82 Å². The van der Waals surface area contributed by atoms with Crippen LogP contribution < -0.4 is 5.32 Å². The Morgan fingerprint density at radius 1 is 1.52 bits per heavy atom. The van der Waals surface area contributed by atoms with Gasteiger partial charge in [0.2, 0.25) is 5.91 Å². The molecule has 0 spiro atoms. The van der Waals surface area contributed by atoms with E-state index < -0.39 is 0 Å². The number of nitrogens with one attached hydrogen (secondary N) is 1. The first-order valence-corrected chi connectivity index (χ1v) is 8.62. The Bertz CT molecular complexity index is 690. The monoisotopic (exact) mass is 396 g/mol. The molecule has 2 aromatic rings. The molecule has 0 saturated carbocycles. The number of anilines is 1. The maximum absolute atomic E-state index is 12.0. The van der Waals surface area contributed by atoms with E-state index >= 15 is 0 Å². The van der Waals surface area contributed by atoms with Crippen LogP contribution in [0.4, 0.5) is 5.69 Å². The van der Waals surface area contributed by atoms with Crippen molar-refractivity contribution in [2.75, 3.05) is 18.2 Å². The van der Waals surface area contributed by atoms with E-state index in [2.05, 4.69) is 38.0 Å². The maximum Gasteiger partial charge on any atom is 0.234 e. The number of benzene rings is 1. The van der Waals surface area contributed by atoms with Crippen molar-refractivity contribution >= 4 is 39.3 Å². The van der Waals surface area contributed by atoms with Gasteiger partial charge in [-0.2, -0.15) is 0 Å². The van der Waals surface area contributed by atoms with E-state index in [1.54, 1.807) is 13.2 Å². The van der Waals surface area contributed by atoms with Gasteiger partial charge in [0.05, 0.1) is 5.75 Å². The fraction of sp³-hybridized carbons (Fsp3) is 0.267. The summed E-state index contributed by atoms with van der Waals surface area (Å²) in [6, 6.07) is 7.45. The number of hydrogen-bond donors (Lipinski definition) is 1. The normalized spacial score (nSPS) is 10.5. The molecule has 2 rings (SSSR count). The second-order valence-electron chi connectivity index (χ2n) is 4.58. The van der Waals surface area contributed by atoms with Crippen LogP contribution in [0.15, 0.2) is 46.5 Å². The molecular weight excluding hydrogens is 380 g/mol. The smallest absolute Gasteiger partial charge is 0.234 e. The fourth-order valence-corrected chi connectivity index (χ4v) is 3.03.